The molecule has 2 amide bonds. The average molecular weight is 440 g/mol. The number of aromatic nitrogens is 1. The number of nitrogens with one attached hydrogen (secondary N) is 1. The van der Waals surface area contributed by atoms with Crippen LogP contribution in [-0.2, 0) is 16.1 Å². The van der Waals surface area contributed by atoms with Gasteiger partial charge in [0.05, 0.1) is 25.5 Å². The van der Waals surface area contributed by atoms with E-state index in [1.54, 1.807) is 0 Å². The van der Waals surface area contributed by atoms with Gasteiger partial charge in [-0.2, -0.15) is 5.10 Å². The molecule has 0 atom stereocenters. The monoisotopic (exact) mass is 439 g/mol. The number of hydrazone groups is 1. The Kier molecular flexibility index (Phi) is 6.62. The molecular formula is C24H33N5O3. The van der Waals surface area contributed by atoms with Crippen LogP contribution in [0.3, 0.4) is 0 Å². The number of nitrogens with zero attached hydrogens (tertiary/aromatic N) is 4. The number of carbonyl (C=O) groups is 2. The fourth-order valence-corrected chi connectivity index (χ4v) is 4.10. The molecule has 1 aromatic heterocycles. The minimum atomic E-state index is -0.246. The Morgan fingerprint density at radius 2 is 1.94 bits per heavy atom. The minimum absolute atomic E-state index is 0.0858. The second kappa shape index (κ2) is 9.42. The van der Waals surface area contributed by atoms with Crippen LogP contribution in [-0.4, -0.2) is 77.9 Å². The quantitative estimate of drug-likeness (QED) is 0.701. The summed E-state index contributed by atoms with van der Waals surface area (Å²) in [6, 6.07) is 9.85. The van der Waals surface area contributed by atoms with E-state index in [0.29, 0.717) is 18.8 Å². The van der Waals surface area contributed by atoms with Crippen LogP contribution in [0.25, 0.3) is 10.9 Å². The van der Waals surface area contributed by atoms with Gasteiger partial charge in [0.1, 0.15) is 12.2 Å². The molecule has 1 fully saturated rings. The summed E-state index contributed by atoms with van der Waals surface area (Å²) < 4.78 is 7.38. The van der Waals surface area contributed by atoms with Crippen LogP contribution in [0.4, 0.5) is 0 Å². The molecule has 0 aliphatic carbocycles. The maximum Gasteiger partial charge on any atom is 0.291 e. The van der Waals surface area contributed by atoms with Crippen LogP contribution in [0.15, 0.2) is 35.4 Å². The molecule has 32 heavy (non-hydrogen) atoms. The Morgan fingerprint density at radius 3 is 2.69 bits per heavy atom. The van der Waals surface area contributed by atoms with Crippen molar-refractivity contribution >= 4 is 28.4 Å². The van der Waals surface area contributed by atoms with Crippen molar-refractivity contribution in [2.75, 3.05) is 45.9 Å². The lowest BCUT2D eigenvalue weighted by atomic mass is 9.90. The lowest BCUT2D eigenvalue weighted by molar-refractivity contribution is -0.121. The molecule has 2 aliphatic rings. The number of rotatable bonds is 6. The molecule has 1 aromatic carbocycles. The van der Waals surface area contributed by atoms with Gasteiger partial charge in [-0.15, -0.1) is 0 Å². The van der Waals surface area contributed by atoms with Gasteiger partial charge in [0.25, 0.3) is 5.91 Å². The molecule has 4 rings (SSSR count). The average Bonchev–Trinajstić information content (AvgIpc) is 3.07. The fourth-order valence-electron chi connectivity index (χ4n) is 4.10. The number of para-hydroxylation sites is 1. The summed E-state index contributed by atoms with van der Waals surface area (Å²) in [5.74, 6) is -0.439. The molecule has 2 aliphatic heterocycles. The number of morpholine rings is 1. The van der Waals surface area contributed by atoms with Crippen LogP contribution in [0.5, 0.6) is 0 Å². The Morgan fingerprint density at radius 1 is 1.19 bits per heavy atom. The molecule has 3 heterocycles. The minimum Gasteiger partial charge on any atom is -0.379 e. The predicted octanol–water partition coefficient (Wildman–Crippen LogP) is 2.34. The summed E-state index contributed by atoms with van der Waals surface area (Å²) in [5, 5.41) is 9.95. The highest BCUT2D eigenvalue weighted by atomic mass is 16.5. The zero-order valence-electron chi connectivity index (χ0n) is 19.3. The third kappa shape index (κ3) is 5.02. The second-order valence-corrected chi connectivity index (χ2v) is 9.49. The van der Waals surface area contributed by atoms with E-state index in [-0.39, 0.29) is 23.8 Å². The van der Waals surface area contributed by atoms with Crippen molar-refractivity contribution in [3.8, 4) is 0 Å². The molecule has 172 valence electrons. The van der Waals surface area contributed by atoms with Crippen LogP contribution in [0.2, 0.25) is 0 Å². The number of amides is 2. The van der Waals surface area contributed by atoms with Gasteiger partial charge in [0.15, 0.2) is 0 Å². The molecule has 2 aromatic rings. The summed E-state index contributed by atoms with van der Waals surface area (Å²) in [5.41, 5.74) is 2.20. The van der Waals surface area contributed by atoms with Gasteiger partial charge in [-0.25, -0.2) is 5.01 Å². The van der Waals surface area contributed by atoms with Crippen molar-refractivity contribution in [2.45, 2.75) is 33.7 Å². The topological polar surface area (TPSA) is 79.2 Å². The Balaban J connectivity index is 1.45. The highest BCUT2D eigenvalue weighted by Gasteiger charge is 2.31. The first kappa shape index (κ1) is 22.5. The standard InChI is InChI=1S/C24H33N5O3/c1-24(2,3)21-16-28-19-8-5-4-7-18(19)15-20(28)23(31)29(26-21)17-22(30)25-9-6-10-27-11-13-32-14-12-27/h4-5,7-8,15H,6,9-14,16-17H2,1-3H3,(H,25,30). The number of carbonyl (C=O) groups excluding carboxylic acids is 2. The van der Waals surface area contributed by atoms with Gasteiger partial charge in [0.2, 0.25) is 5.91 Å². The normalized spacial score (nSPS) is 17.8. The van der Waals surface area contributed by atoms with Gasteiger partial charge in [0, 0.05) is 36.0 Å². The summed E-state index contributed by atoms with van der Waals surface area (Å²) in [7, 11) is 0. The van der Waals surface area contributed by atoms with E-state index in [9.17, 15) is 9.59 Å². The Labute approximate surface area is 189 Å². The molecular weight excluding hydrogens is 406 g/mol. The van der Waals surface area contributed by atoms with Crippen molar-refractivity contribution in [1.82, 2.24) is 19.8 Å². The maximum absolute atomic E-state index is 13.4. The lowest BCUT2D eigenvalue weighted by Crippen LogP contribution is -2.40. The van der Waals surface area contributed by atoms with E-state index in [1.807, 2.05) is 34.9 Å². The Hall–Kier alpha value is -2.71. The summed E-state index contributed by atoms with van der Waals surface area (Å²) in [6.07, 6.45) is 0.866. The van der Waals surface area contributed by atoms with Crippen LogP contribution >= 0.6 is 0 Å². The van der Waals surface area contributed by atoms with Crippen molar-refractivity contribution in [3.05, 3.63) is 36.0 Å². The highest BCUT2D eigenvalue weighted by molar-refractivity contribution is 6.03. The number of fused-ring (bicyclic) bond motifs is 3. The highest BCUT2D eigenvalue weighted by Crippen LogP contribution is 2.27. The second-order valence-electron chi connectivity index (χ2n) is 9.49. The molecule has 8 nitrogen and oxygen atoms in total. The molecule has 0 unspecified atom stereocenters. The first-order valence-corrected chi connectivity index (χ1v) is 11.4. The number of hydrogen-bond acceptors (Lipinski definition) is 5. The molecule has 8 heteroatoms. The van der Waals surface area contributed by atoms with E-state index >= 15 is 0 Å². The molecule has 1 saturated heterocycles. The zero-order valence-corrected chi connectivity index (χ0v) is 19.3. The van der Waals surface area contributed by atoms with Gasteiger partial charge in [-0.3, -0.25) is 14.5 Å². The number of ether oxygens (including phenoxy) is 1. The largest absolute Gasteiger partial charge is 0.379 e. The maximum atomic E-state index is 13.4. The fraction of sp³-hybridized carbons (Fsp3) is 0.542. The van der Waals surface area contributed by atoms with E-state index in [1.165, 1.54) is 5.01 Å². The van der Waals surface area contributed by atoms with Gasteiger partial charge < -0.3 is 14.6 Å². The third-order valence-corrected chi connectivity index (χ3v) is 6.05. The Bertz CT molecular complexity index is 1010. The van der Waals surface area contributed by atoms with Crippen molar-refractivity contribution in [3.63, 3.8) is 0 Å². The zero-order chi connectivity index (χ0) is 22.7. The number of benzene rings is 1. The van der Waals surface area contributed by atoms with Crippen molar-refractivity contribution in [1.29, 1.82) is 0 Å². The summed E-state index contributed by atoms with van der Waals surface area (Å²) >= 11 is 0. The van der Waals surface area contributed by atoms with E-state index in [4.69, 9.17) is 4.74 Å². The lowest BCUT2D eigenvalue weighted by Gasteiger charge is -2.26. The molecule has 0 spiro atoms. The predicted molar refractivity (Wildman–Crippen MR) is 125 cm³/mol. The van der Waals surface area contributed by atoms with Crippen LogP contribution < -0.4 is 5.32 Å². The van der Waals surface area contributed by atoms with Crippen molar-refractivity contribution in [2.24, 2.45) is 10.5 Å². The van der Waals surface area contributed by atoms with E-state index < -0.39 is 0 Å². The third-order valence-electron chi connectivity index (χ3n) is 6.05. The first-order valence-electron chi connectivity index (χ1n) is 11.4. The molecule has 0 radical (unpaired) electrons. The molecule has 0 saturated carbocycles. The summed E-state index contributed by atoms with van der Waals surface area (Å²) in [6.45, 7) is 11.6. The van der Waals surface area contributed by atoms with Crippen molar-refractivity contribution < 1.29 is 14.3 Å². The van der Waals surface area contributed by atoms with Gasteiger partial charge in [-0.1, -0.05) is 39.0 Å². The van der Waals surface area contributed by atoms with E-state index in [0.717, 1.165) is 55.9 Å². The van der Waals surface area contributed by atoms with E-state index in [2.05, 4.69) is 36.1 Å². The smallest absolute Gasteiger partial charge is 0.291 e. The van der Waals surface area contributed by atoms with Gasteiger partial charge in [-0.05, 0) is 25.1 Å². The van der Waals surface area contributed by atoms with Crippen LogP contribution in [0.1, 0.15) is 37.7 Å². The molecule has 0 bridgehead atoms. The number of hydrogen-bond donors (Lipinski definition) is 1. The SMILES string of the molecule is CC(C)(C)C1=NN(CC(=O)NCCCN2CCOCC2)C(=O)c2cc3ccccc3n2C1. The van der Waals surface area contributed by atoms with Crippen LogP contribution in [0, 0.1) is 5.41 Å². The first-order chi connectivity index (χ1) is 15.3. The summed E-state index contributed by atoms with van der Waals surface area (Å²) in [4.78, 5) is 28.3. The molecule has 1 N–H and O–H groups in total. The van der Waals surface area contributed by atoms with Gasteiger partial charge >= 0.3 is 0 Å².